The van der Waals surface area contributed by atoms with Gasteiger partial charge in [-0.25, -0.2) is 4.79 Å². The number of aliphatic hydroxyl groups is 11. The molecule has 3 aliphatic rings. The second-order valence-electron chi connectivity index (χ2n) is 28.9. The van der Waals surface area contributed by atoms with E-state index in [1.165, 1.54) is 193 Å². The first-order valence-corrected chi connectivity index (χ1v) is 39.7. The summed E-state index contributed by atoms with van der Waals surface area (Å²) >= 11 is 0. The third-order valence-corrected chi connectivity index (χ3v) is 20.2. The summed E-state index contributed by atoms with van der Waals surface area (Å²) in [5, 5.41) is 136. The number of unbranched alkanes of at least 4 members (excludes halogenated alkanes) is 38. The fourth-order valence-electron chi connectivity index (χ4n) is 13.9. The predicted molar refractivity (Wildman–Crippen MR) is 385 cm³/mol. The predicted octanol–water partition coefficient (Wildman–Crippen LogP) is 9.96. The van der Waals surface area contributed by atoms with Crippen LogP contribution in [0.2, 0.25) is 0 Å². The van der Waals surface area contributed by atoms with Gasteiger partial charge in [0.15, 0.2) is 12.6 Å². The highest BCUT2D eigenvalue weighted by molar-refractivity contribution is 5.77. The zero-order chi connectivity index (χ0) is 73.2. The van der Waals surface area contributed by atoms with Gasteiger partial charge in [0.2, 0.25) is 11.8 Å². The third kappa shape index (κ3) is 37.0. The summed E-state index contributed by atoms with van der Waals surface area (Å²) in [7, 11) is 0. The van der Waals surface area contributed by atoms with Gasteiger partial charge in [0, 0.05) is 19.8 Å². The van der Waals surface area contributed by atoms with Crippen molar-refractivity contribution in [2.24, 2.45) is 0 Å². The van der Waals surface area contributed by atoms with E-state index in [9.17, 15) is 75.7 Å². The lowest BCUT2D eigenvalue weighted by Crippen LogP contribution is -2.70. The molecule has 100 heavy (non-hydrogen) atoms. The molecular weight excluding hydrogens is 1290 g/mol. The molecule has 0 bridgehead atoms. The van der Waals surface area contributed by atoms with Crippen molar-refractivity contribution in [3.63, 3.8) is 0 Å². The zero-order valence-electron chi connectivity index (χ0n) is 61.8. The molecule has 0 aromatic rings. The van der Waals surface area contributed by atoms with E-state index in [4.69, 9.17) is 28.4 Å². The Bertz CT molecular complexity index is 2100. The fraction of sp³-hybridized carbons (Fsp3) is 0.909. The number of nitrogens with one attached hydrogen (secondary N) is 2. The molecule has 0 aromatic carbocycles. The van der Waals surface area contributed by atoms with Crippen LogP contribution in [0.3, 0.4) is 0 Å². The summed E-state index contributed by atoms with van der Waals surface area (Å²) in [5.74, 6) is -6.10. The number of aliphatic hydroxyl groups excluding tert-OH is 11. The number of amides is 2. The van der Waals surface area contributed by atoms with Gasteiger partial charge in [-0.2, -0.15) is 0 Å². The number of aliphatic carboxylic acids is 1. The van der Waals surface area contributed by atoms with Crippen LogP contribution >= 0.6 is 0 Å². The molecule has 0 aromatic heterocycles. The third-order valence-electron chi connectivity index (χ3n) is 20.2. The van der Waals surface area contributed by atoms with Gasteiger partial charge in [-0.05, 0) is 44.9 Å². The van der Waals surface area contributed by atoms with Crippen molar-refractivity contribution in [1.82, 2.24) is 10.6 Å². The minimum atomic E-state index is -3.08. The number of hydrogen-bond donors (Lipinski definition) is 14. The van der Waals surface area contributed by atoms with Gasteiger partial charge in [-0.3, -0.25) is 9.59 Å². The van der Waals surface area contributed by atoms with Crippen molar-refractivity contribution in [1.29, 1.82) is 0 Å². The fourth-order valence-corrected chi connectivity index (χ4v) is 13.9. The molecule has 2 amide bonds. The van der Waals surface area contributed by atoms with Crippen LogP contribution in [0.1, 0.15) is 310 Å². The topological polar surface area (TPSA) is 373 Å². The van der Waals surface area contributed by atoms with Crippen molar-refractivity contribution in [2.45, 2.75) is 420 Å². The summed E-state index contributed by atoms with van der Waals surface area (Å²) in [6.45, 7) is 2.24. The first-order valence-electron chi connectivity index (χ1n) is 39.7. The number of allylic oxidation sites excluding steroid dienone is 4. The number of carbonyl (C=O) groups is 3. The van der Waals surface area contributed by atoms with Crippen LogP contribution in [0.4, 0.5) is 0 Å². The lowest BCUT2D eigenvalue weighted by molar-refractivity contribution is -0.386. The quantitative estimate of drug-likeness (QED) is 0.0199. The first-order chi connectivity index (χ1) is 48.4. The Morgan fingerprint density at radius 1 is 0.520 bits per heavy atom. The summed E-state index contributed by atoms with van der Waals surface area (Å²) in [6.07, 6.45) is 31.7. The zero-order valence-corrected chi connectivity index (χ0v) is 61.8. The van der Waals surface area contributed by atoms with E-state index in [0.717, 1.165) is 71.1 Å². The molecule has 3 rings (SSSR count). The molecule has 0 radical (unpaired) electrons. The van der Waals surface area contributed by atoms with Gasteiger partial charge in [-0.1, -0.05) is 269 Å². The van der Waals surface area contributed by atoms with Crippen LogP contribution in [0, 0.1) is 0 Å². The van der Waals surface area contributed by atoms with Crippen molar-refractivity contribution < 1.29 is 104 Å². The average molecular weight is 1430 g/mol. The Morgan fingerprint density at radius 3 is 1.40 bits per heavy atom. The lowest BCUT2D eigenvalue weighted by Gasteiger charge is -2.50. The van der Waals surface area contributed by atoms with Crippen molar-refractivity contribution >= 4 is 17.8 Å². The van der Waals surface area contributed by atoms with Crippen LogP contribution in [0.15, 0.2) is 24.3 Å². The van der Waals surface area contributed by atoms with Crippen LogP contribution < -0.4 is 10.6 Å². The van der Waals surface area contributed by atoms with Crippen molar-refractivity contribution in [3.05, 3.63) is 24.3 Å². The van der Waals surface area contributed by atoms with E-state index in [1.54, 1.807) is 0 Å². The standard InChI is InChI=1S/C77H142N2O21/c1-4-6-8-10-12-14-16-18-20-22-24-25-26-27-28-29-30-31-33-35-37-39-41-43-45-47-49-51-64(87)79-58(59(84)50-48-46-44-42-40-38-36-34-32-23-21-19-17-15-13-11-9-7-5-2)56-95-74-69(91)68(90)71(63(55-82)97-74)98-75-70(92)73(67(89)62(54-81)96-75)100-77(76(93)94)52-60(85)65(78-57(3)83)72(99-77)66(88)61(86)53-80/h24-25,27-28,58-63,65-75,80-82,84-86,88-92H,4-23,26,29-56H2,1-3H3,(H,78,83)(H,79,87)(H,93,94)/b25-24-,28-27-. The highest BCUT2D eigenvalue weighted by Gasteiger charge is 2.60. The number of carboxylic acids is 1. The van der Waals surface area contributed by atoms with Crippen LogP contribution in [0.25, 0.3) is 0 Å². The van der Waals surface area contributed by atoms with E-state index in [-0.39, 0.29) is 18.9 Å². The monoisotopic (exact) mass is 1430 g/mol. The minimum Gasteiger partial charge on any atom is -0.477 e. The molecule has 18 unspecified atom stereocenters. The van der Waals surface area contributed by atoms with Gasteiger partial charge in [0.05, 0.1) is 50.7 Å². The van der Waals surface area contributed by atoms with E-state index in [2.05, 4.69) is 48.8 Å². The Balaban J connectivity index is 1.52. The second kappa shape index (κ2) is 56.5. The Kier molecular flexibility index (Phi) is 51.7. The van der Waals surface area contributed by atoms with Crippen molar-refractivity contribution in [3.8, 4) is 0 Å². The number of rotatable bonds is 62. The maximum atomic E-state index is 13.5. The van der Waals surface area contributed by atoms with E-state index in [1.807, 2.05) is 0 Å². The summed E-state index contributed by atoms with van der Waals surface area (Å²) in [6, 6.07) is -2.53. The molecule has 0 aliphatic carbocycles. The maximum absolute atomic E-state index is 13.5. The summed E-state index contributed by atoms with van der Waals surface area (Å²) < 4.78 is 35.0. The van der Waals surface area contributed by atoms with E-state index in [0.29, 0.717) is 19.3 Å². The Labute approximate surface area is 600 Å². The molecule has 23 nitrogen and oxygen atoms in total. The minimum absolute atomic E-state index is 0.222. The molecule has 23 heteroatoms. The van der Waals surface area contributed by atoms with Gasteiger partial charge >= 0.3 is 5.97 Å². The largest absolute Gasteiger partial charge is 0.477 e. The average Bonchev–Trinajstić information content (AvgIpc) is 0.766. The summed E-state index contributed by atoms with van der Waals surface area (Å²) in [5.41, 5.74) is 0. The lowest BCUT2D eigenvalue weighted by atomic mass is 9.88. The Hall–Kier alpha value is -2.79. The van der Waals surface area contributed by atoms with Gasteiger partial charge in [0.1, 0.15) is 67.1 Å². The molecule has 586 valence electrons. The summed E-state index contributed by atoms with van der Waals surface area (Å²) in [4.78, 5) is 38.7. The van der Waals surface area contributed by atoms with Crippen LogP contribution in [-0.2, 0) is 42.8 Å². The molecule has 0 saturated carbocycles. The molecule has 0 spiro atoms. The van der Waals surface area contributed by atoms with Gasteiger partial charge in [0.25, 0.3) is 5.79 Å². The normalized spacial score (nSPS) is 27.0. The second-order valence-corrected chi connectivity index (χ2v) is 28.9. The molecule has 3 saturated heterocycles. The van der Waals surface area contributed by atoms with E-state index >= 15 is 0 Å². The van der Waals surface area contributed by atoms with Crippen LogP contribution in [0.5, 0.6) is 0 Å². The molecule has 14 N–H and O–H groups in total. The van der Waals surface area contributed by atoms with Crippen molar-refractivity contribution in [2.75, 3.05) is 26.4 Å². The first kappa shape index (κ1) is 91.4. The molecule has 18 atom stereocenters. The number of ether oxygens (including phenoxy) is 6. The highest BCUT2D eigenvalue weighted by Crippen LogP contribution is 2.39. The highest BCUT2D eigenvalue weighted by atomic mass is 16.8. The molecule has 3 fully saturated rings. The smallest absolute Gasteiger partial charge is 0.364 e. The number of carbonyl (C=O) groups excluding carboxylic acids is 2. The SMILES string of the molecule is CCCCCCCCCCC/C=C\C/C=C\CCCCCCCCCCCCCC(=O)NC(COC1OC(CO)C(OC2OC(CO)C(O)C(OC3(C(=O)O)CC(O)C(NC(C)=O)C(C(O)C(O)CO)O3)C2O)C(O)C1O)C(O)CCCCCCCCCCCCCCCCCCCCC. The van der Waals surface area contributed by atoms with E-state index < -0.39 is 148 Å². The van der Waals surface area contributed by atoms with Crippen LogP contribution in [-0.4, -0.2) is 215 Å². The molecular formula is C77H142N2O21. The number of hydrogen-bond acceptors (Lipinski definition) is 20. The molecule has 3 aliphatic heterocycles. The number of carboxylic acid groups (broad SMARTS) is 1. The molecule has 3 heterocycles. The van der Waals surface area contributed by atoms with Gasteiger partial charge in [-0.15, -0.1) is 0 Å². The Morgan fingerprint density at radius 2 is 0.960 bits per heavy atom. The van der Waals surface area contributed by atoms with Gasteiger partial charge < -0.3 is 100 Å². The maximum Gasteiger partial charge on any atom is 0.364 e.